The Morgan fingerprint density at radius 2 is 1.59 bits per heavy atom. The topological polar surface area (TPSA) is 72.8 Å². The highest BCUT2D eigenvalue weighted by Gasteiger charge is 2.43. The van der Waals surface area contributed by atoms with E-state index in [0.717, 1.165) is 0 Å². The smallest absolute Gasteiger partial charge is 0.311 e. The lowest BCUT2D eigenvalue weighted by Gasteiger charge is -2.33. The molecule has 5 nitrogen and oxygen atoms in total. The highest BCUT2D eigenvalue weighted by Crippen LogP contribution is 2.39. The van der Waals surface area contributed by atoms with Crippen LogP contribution in [0.2, 0.25) is 0 Å². The number of rotatable bonds is 8. The van der Waals surface area contributed by atoms with Gasteiger partial charge < -0.3 is 14.6 Å². The first-order valence-corrected chi connectivity index (χ1v) is 8.03. The molecule has 0 aliphatic rings. The lowest BCUT2D eigenvalue weighted by atomic mass is 9.72. The number of hydrogen-bond acceptors (Lipinski definition) is 5. The van der Waals surface area contributed by atoms with Gasteiger partial charge in [0.05, 0.1) is 17.4 Å². The van der Waals surface area contributed by atoms with E-state index >= 15 is 0 Å². The second-order valence-corrected chi connectivity index (χ2v) is 8.54. The van der Waals surface area contributed by atoms with E-state index in [1.54, 1.807) is 20.8 Å². The van der Waals surface area contributed by atoms with Crippen molar-refractivity contribution in [3.8, 4) is 0 Å². The number of ether oxygens (including phenoxy) is 2. The van der Waals surface area contributed by atoms with Gasteiger partial charge in [0, 0.05) is 0 Å². The first kappa shape index (κ1) is 21.8. The van der Waals surface area contributed by atoms with Gasteiger partial charge in [0.2, 0.25) is 3.79 Å². The van der Waals surface area contributed by atoms with E-state index in [-0.39, 0.29) is 26.2 Å². The molecule has 130 valence electrons. The van der Waals surface area contributed by atoms with Crippen LogP contribution in [0.15, 0.2) is 0 Å². The van der Waals surface area contributed by atoms with Crippen LogP contribution in [0.4, 0.5) is 0 Å². The highest BCUT2D eigenvalue weighted by molar-refractivity contribution is 6.67. The molecule has 0 aromatic rings. The highest BCUT2D eigenvalue weighted by atomic mass is 35.6. The minimum Gasteiger partial charge on any atom is -0.463 e. The number of carbonyl (C=O) groups is 2. The van der Waals surface area contributed by atoms with E-state index in [1.807, 2.05) is 6.92 Å². The first-order valence-electron chi connectivity index (χ1n) is 6.90. The van der Waals surface area contributed by atoms with Gasteiger partial charge in [-0.15, -0.1) is 0 Å². The van der Waals surface area contributed by atoms with Gasteiger partial charge in [0.1, 0.15) is 13.2 Å². The molecular formula is C14H23Cl3O5. The molecule has 1 unspecified atom stereocenters. The van der Waals surface area contributed by atoms with E-state index in [0.29, 0.717) is 6.42 Å². The Kier molecular flexibility index (Phi) is 8.48. The van der Waals surface area contributed by atoms with Crippen molar-refractivity contribution in [2.45, 2.75) is 44.3 Å². The Labute approximate surface area is 146 Å². The Balaban J connectivity index is 4.89. The summed E-state index contributed by atoms with van der Waals surface area (Å²) in [6.07, 6.45) is 0.678. The van der Waals surface area contributed by atoms with Crippen molar-refractivity contribution < 1.29 is 24.2 Å². The van der Waals surface area contributed by atoms with Crippen molar-refractivity contribution in [2.75, 3.05) is 19.8 Å². The summed E-state index contributed by atoms with van der Waals surface area (Å²) in [4.78, 5) is 24.3. The number of aliphatic hydroxyl groups is 1. The number of aliphatic hydroxyl groups excluding tert-OH is 1. The monoisotopic (exact) mass is 376 g/mol. The third-order valence-corrected chi connectivity index (χ3v) is 3.68. The van der Waals surface area contributed by atoms with E-state index in [9.17, 15) is 9.59 Å². The van der Waals surface area contributed by atoms with Crippen LogP contribution in [-0.2, 0) is 19.1 Å². The van der Waals surface area contributed by atoms with Crippen LogP contribution >= 0.6 is 34.8 Å². The van der Waals surface area contributed by atoms with Gasteiger partial charge in [0.25, 0.3) is 0 Å². The van der Waals surface area contributed by atoms with Crippen molar-refractivity contribution in [2.24, 2.45) is 10.8 Å². The zero-order valence-corrected chi connectivity index (χ0v) is 15.5. The van der Waals surface area contributed by atoms with Crippen molar-refractivity contribution in [3.63, 3.8) is 0 Å². The minimum atomic E-state index is -1.68. The average molecular weight is 378 g/mol. The molecule has 0 saturated heterocycles. The number of alkyl halides is 3. The van der Waals surface area contributed by atoms with Gasteiger partial charge in [-0.25, -0.2) is 0 Å². The van der Waals surface area contributed by atoms with Crippen LogP contribution in [0.25, 0.3) is 0 Å². The summed E-state index contributed by atoms with van der Waals surface area (Å²) in [5, 5.41) is 8.73. The molecule has 0 spiro atoms. The minimum absolute atomic E-state index is 0.0768. The predicted octanol–water partition coefficient (Wildman–Crippen LogP) is 3.27. The Hall–Kier alpha value is -0.230. The van der Waals surface area contributed by atoms with E-state index in [4.69, 9.17) is 49.4 Å². The lowest BCUT2D eigenvalue weighted by Crippen LogP contribution is -2.39. The van der Waals surface area contributed by atoms with Gasteiger partial charge in [0.15, 0.2) is 0 Å². The van der Waals surface area contributed by atoms with E-state index in [2.05, 4.69) is 0 Å². The quantitative estimate of drug-likeness (QED) is 0.519. The van der Waals surface area contributed by atoms with Crippen molar-refractivity contribution >= 4 is 46.7 Å². The molecule has 0 saturated carbocycles. The van der Waals surface area contributed by atoms with E-state index in [1.165, 1.54) is 0 Å². The standard InChI is InChI=1S/C14H23Cl3O5/c1-5-13(4,11(20)21-7-6-18)8-12(2,3)10(19)22-9-14(15,16)17/h18H,5-9H2,1-4H3. The maximum Gasteiger partial charge on any atom is 0.311 e. The second kappa shape index (κ2) is 8.57. The predicted molar refractivity (Wildman–Crippen MR) is 86.1 cm³/mol. The summed E-state index contributed by atoms with van der Waals surface area (Å²) >= 11 is 16.7. The molecule has 0 aliphatic heterocycles. The molecule has 0 aromatic heterocycles. The molecule has 8 heteroatoms. The van der Waals surface area contributed by atoms with Gasteiger partial charge in [-0.3, -0.25) is 9.59 Å². The molecule has 0 fully saturated rings. The maximum atomic E-state index is 12.2. The van der Waals surface area contributed by atoms with Crippen molar-refractivity contribution in [3.05, 3.63) is 0 Å². The third-order valence-electron chi connectivity index (χ3n) is 3.35. The first-order chi connectivity index (χ1) is 9.88. The Morgan fingerprint density at radius 1 is 1.05 bits per heavy atom. The molecular weight excluding hydrogens is 355 g/mol. The summed E-state index contributed by atoms with van der Waals surface area (Å²) in [6.45, 7) is 6.14. The van der Waals surface area contributed by atoms with Crippen LogP contribution in [0.3, 0.4) is 0 Å². The number of halogens is 3. The molecule has 0 radical (unpaired) electrons. The fraction of sp³-hybridized carbons (Fsp3) is 0.857. The summed E-state index contributed by atoms with van der Waals surface area (Å²) in [7, 11) is 0. The maximum absolute atomic E-state index is 12.2. The zero-order valence-electron chi connectivity index (χ0n) is 13.2. The molecule has 0 heterocycles. The summed E-state index contributed by atoms with van der Waals surface area (Å²) in [6, 6.07) is 0. The van der Waals surface area contributed by atoms with Crippen LogP contribution in [-0.4, -0.2) is 40.7 Å². The zero-order chi connectivity index (χ0) is 17.6. The number of hydrogen-bond donors (Lipinski definition) is 1. The summed E-state index contributed by atoms with van der Waals surface area (Å²) < 4.78 is 8.30. The normalized spacial score (nSPS) is 15.1. The SMILES string of the molecule is CCC(C)(CC(C)(C)C(=O)OCC(Cl)(Cl)Cl)C(=O)OCCO. The largest absolute Gasteiger partial charge is 0.463 e. The fourth-order valence-corrected chi connectivity index (χ4v) is 2.21. The third kappa shape index (κ3) is 7.36. The van der Waals surface area contributed by atoms with Gasteiger partial charge in [-0.05, 0) is 33.6 Å². The van der Waals surface area contributed by atoms with E-state index < -0.39 is 26.6 Å². The average Bonchev–Trinajstić information content (AvgIpc) is 2.40. The molecule has 0 bridgehead atoms. The van der Waals surface area contributed by atoms with Crippen molar-refractivity contribution in [1.82, 2.24) is 0 Å². The second-order valence-electron chi connectivity index (χ2n) is 6.03. The summed E-state index contributed by atoms with van der Waals surface area (Å²) in [5.74, 6) is -1.03. The van der Waals surface area contributed by atoms with Gasteiger partial charge >= 0.3 is 11.9 Å². The Bertz CT molecular complexity index is 392. The van der Waals surface area contributed by atoms with Crippen molar-refractivity contribution in [1.29, 1.82) is 0 Å². The molecule has 22 heavy (non-hydrogen) atoms. The van der Waals surface area contributed by atoms with Gasteiger partial charge in [-0.2, -0.15) is 0 Å². The number of esters is 2. The lowest BCUT2D eigenvalue weighted by molar-refractivity contribution is -0.163. The molecule has 1 N–H and O–H groups in total. The van der Waals surface area contributed by atoms with Crippen LogP contribution in [0, 0.1) is 10.8 Å². The number of carbonyl (C=O) groups excluding carboxylic acids is 2. The summed E-state index contributed by atoms with van der Waals surface area (Å²) in [5.41, 5.74) is -1.84. The fourth-order valence-electron chi connectivity index (χ4n) is 2.04. The molecule has 0 aromatic carbocycles. The molecule has 0 rings (SSSR count). The van der Waals surface area contributed by atoms with Crippen LogP contribution in [0.1, 0.15) is 40.5 Å². The molecule has 1 atom stereocenters. The molecule has 0 aliphatic carbocycles. The van der Waals surface area contributed by atoms with Crippen LogP contribution in [0.5, 0.6) is 0 Å². The van der Waals surface area contributed by atoms with Gasteiger partial charge in [-0.1, -0.05) is 41.7 Å². The van der Waals surface area contributed by atoms with Crippen LogP contribution < -0.4 is 0 Å². The molecule has 0 amide bonds. The Morgan fingerprint density at radius 3 is 2.00 bits per heavy atom.